The Kier molecular flexibility index (Phi) is 5.48. The van der Waals surface area contributed by atoms with Crippen molar-refractivity contribution in [2.24, 2.45) is 5.41 Å². The van der Waals surface area contributed by atoms with Crippen LogP contribution in [0.3, 0.4) is 0 Å². The number of ether oxygens (including phenoxy) is 1. The zero-order chi connectivity index (χ0) is 13.0. The maximum absolute atomic E-state index is 11.6. The van der Waals surface area contributed by atoms with Crippen molar-refractivity contribution in [1.82, 2.24) is 0 Å². The Morgan fingerprint density at radius 2 is 1.81 bits per heavy atom. The molecule has 0 bridgehead atoms. The van der Waals surface area contributed by atoms with Crippen molar-refractivity contribution in [2.45, 2.75) is 43.8 Å². The fourth-order valence-electron chi connectivity index (χ4n) is 0.812. The van der Waals surface area contributed by atoms with E-state index in [-0.39, 0.29) is 5.97 Å². The first-order valence-corrected chi connectivity index (χ1v) is 6.32. The summed E-state index contributed by atoms with van der Waals surface area (Å²) in [7, 11) is 1.35. The number of methoxy groups -OCH3 is 1. The number of esters is 1. The zero-order valence-electron chi connectivity index (χ0n) is 10.4. The maximum atomic E-state index is 11.6. The molecule has 1 unspecified atom stereocenters. The average Bonchev–Trinajstić information content (AvgIpc) is 2.24. The summed E-state index contributed by atoms with van der Waals surface area (Å²) in [5, 5.41) is 9.41. The molecule has 0 heterocycles. The molecule has 0 spiro atoms. The van der Waals surface area contributed by atoms with Gasteiger partial charge in [-0.25, -0.2) is 0 Å². The van der Waals surface area contributed by atoms with Crippen LogP contribution in [0.1, 0.15) is 34.1 Å². The van der Waals surface area contributed by atoms with Gasteiger partial charge < -0.3 is 0 Å². The van der Waals surface area contributed by atoms with Gasteiger partial charge in [-0.1, -0.05) is 0 Å². The van der Waals surface area contributed by atoms with Gasteiger partial charge in [-0.3, -0.25) is 0 Å². The van der Waals surface area contributed by atoms with Crippen LogP contribution in [0.25, 0.3) is 0 Å². The van der Waals surface area contributed by atoms with Crippen molar-refractivity contribution in [2.75, 3.05) is 7.11 Å². The summed E-state index contributed by atoms with van der Waals surface area (Å²) in [5.41, 5.74) is -0.815. The Morgan fingerprint density at radius 3 is 2.12 bits per heavy atom. The van der Waals surface area contributed by atoms with E-state index >= 15 is 0 Å². The Balaban J connectivity index is 4.58. The van der Waals surface area contributed by atoms with Crippen molar-refractivity contribution >= 4 is 11.9 Å². The normalized spacial score (nSPS) is 15.6. The van der Waals surface area contributed by atoms with Gasteiger partial charge in [-0.15, -0.1) is 0 Å². The van der Waals surface area contributed by atoms with E-state index in [4.69, 9.17) is 9.84 Å². The van der Waals surface area contributed by atoms with Crippen molar-refractivity contribution < 1.29 is 34.1 Å². The molecule has 97 valence electrons. The van der Waals surface area contributed by atoms with Gasteiger partial charge in [-0.2, -0.15) is 0 Å². The number of carbonyl (C=O) groups is 2. The molecule has 0 aliphatic heterocycles. The van der Waals surface area contributed by atoms with E-state index < -0.39 is 15.7 Å². The van der Waals surface area contributed by atoms with Crippen LogP contribution in [-0.4, -0.2) is 24.2 Å². The Hall–Kier alpha value is -0.554. The van der Waals surface area contributed by atoms with Crippen molar-refractivity contribution in [1.29, 1.82) is 0 Å². The van der Waals surface area contributed by atoms with Gasteiger partial charge in [0.2, 0.25) is 0 Å². The van der Waals surface area contributed by atoms with Crippen molar-refractivity contribution in [3.05, 3.63) is 0 Å². The van der Waals surface area contributed by atoms with Crippen LogP contribution >= 0.6 is 0 Å². The van der Waals surface area contributed by atoms with E-state index in [1.54, 1.807) is 20.8 Å². The van der Waals surface area contributed by atoms with E-state index in [9.17, 15) is 9.59 Å². The molecule has 0 amide bonds. The third-order valence-corrected chi connectivity index (χ3v) is 4.94. The van der Waals surface area contributed by atoms with Gasteiger partial charge in [0.15, 0.2) is 0 Å². The fourth-order valence-corrected chi connectivity index (χ4v) is 2.35. The third-order valence-electron chi connectivity index (χ3n) is 2.44. The number of hydrogen-bond acceptors (Lipinski definition) is 3. The first kappa shape index (κ1) is 15.4. The van der Waals surface area contributed by atoms with Crippen LogP contribution in [0, 0.1) is 5.41 Å². The quantitative estimate of drug-likeness (QED) is 0.756. The molecular weight excluding hydrogens is 255 g/mol. The van der Waals surface area contributed by atoms with Crippen LogP contribution < -0.4 is 0 Å². The van der Waals surface area contributed by atoms with E-state index in [0.717, 1.165) is 14.7 Å². The van der Waals surface area contributed by atoms with Crippen LogP contribution in [0.5, 0.6) is 0 Å². The molecule has 0 aromatic carbocycles. The summed E-state index contributed by atoms with van der Waals surface area (Å²) in [4.78, 5) is 22.5. The van der Waals surface area contributed by atoms with E-state index in [1.165, 1.54) is 7.11 Å². The van der Waals surface area contributed by atoms with Crippen molar-refractivity contribution in [3.63, 3.8) is 0 Å². The van der Waals surface area contributed by atoms with E-state index in [0.29, 0.717) is 11.8 Å². The van der Waals surface area contributed by atoms with Gasteiger partial charge in [-0.05, 0) is 0 Å². The summed E-state index contributed by atoms with van der Waals surface area (Å²) in [6.45, 7) is 7.03. The second kappa shape index (κ2) is 5.68. The number of hydrogen-bond donors (Lipinski definition) is 1. The van der Waals surface area contributed by atoms with Crippen molar-refractivity contribution in [3.8, 4) is 0 Å². The van der Waals surface area contributed by atoms with E-state index in [1.807, 2.05) is 6.92 Å². The minimum absolute atomic E-state index is 0.281. The molecule has 0 saturated heterocycles. The molecule has 0 aliphatic rings. The number of carboxylic acids is 1. The van der Waals surface area contributed by atoms with Gasteiger partial charge in [0.1, 0.15) is 0 Å². The van der Waals surface area contributed by atoms with Crippen LogP contribution in [-0.2, 0) is 29.0 Å². The summed E-state index contributed by atoms with van der Waals surface area (Å²) in [6.07, 6.45) is 0.634. The number of rotatable bonds is 6. The van der Waals surface area contributed by atoms with Gasteiger partial charge in [0.25, 0.3) is 0 Å². The predicted octanol–water partition coefficient (Wildman–Crippen LogP) is 2.36. The molecule has 0 rings (SSSR count). The molecule has 4 nitrogen and oxygen atoms in total. The molecule has 0 aromatic heterocycles. The first-order chi connectivity index (χ1) is 7.19. The average molecular weight is 275 g/mol. The molecule has 0 aliphatic carbocycles. The molecule has 1 N–H and O–H groups in total. The number of carboxylic acid groups (broad SMARTS) is 1. The predicted molar refractivity (Wildman–Crippen MR) is 56.9 cm³/mol. The van der Waals surface area contributed by atoms with Crippen LogP contribution in [0.2, 0.25) is 9.70 Å². The molecule has 1 atom stereocenters. The summed E-state index contributed by atoms with van der Waals surface area (Å²) in [5.74, 6) is -1.13. The third kappa shape index (κ3) is 3.79. The van der Waals surface area contributed by atoms with Gasteiger partial charge in [0.05, 0.1) is 0 Å². The molecular formula is C11H20CoO4. The van der Waals surface area contributed by atoms with Gasteiger partial charge in [0, 0.05) is 0 Å². The molecule has 0 saturated carbocycles. The first-order valence-electron chi connectivity index (χ1n) is 5.06. The Labute approximate surface area is 103 Å². The second-order valence-electron chi connectivity index (χ2n) is 4.42. The summed E-state index contributed by atoms with van der Waals surface area (Å²) >= 11 is 0.828. The monoisotopic (exact) mass is 275 g/mol. The fraction of sp³-hybridized carbons (Fsp3) is 0.818. The van der Waals surface area contributed by atoms with Crippen LogP contribution in [0.15, 0.2) is 0 Å². The molecule has 0 aromatic rings. The SMILES string of the molecule is CC[C](C)([Co][CH2]C(C)(C)C(=O)O)C(=O)OC. The van der Waals surface area contributed by atoms with E-state index in [2.05, 4.69) is 0 Å². The molecule has 0 radical (unpaired) electrons. The zero-order valence-corrected chi connectivity index (χ0v) is 11.5. The standard InChI is InChI=1S/C6H11O2.C5H9O2.Co/c1-4-5(2)6(7)8-3;1-5(2,3)4(6)7;/h4H2,1-3H3;1H2,2-3H3,(H,6,7);. The summed E-state index contributed by atoms with van der Waals surface area (Å²) in [6, 6.07) is 0. The topological polar surface area (TPSA) is 63.6 Å². The van der Waals surface area contributed by atoms with Crippen LogP contribution in [0.4, 0.5) is 0 Å². The number of aliphatic carboxylic acids is 1. The van der Waals surface area contributed by atoms with Gasteiger partial charge >= 0.3 is 102 Å². The molecule has 16 heavy (non-hydrogen) atoms. The second-order valence-corrected chi connectivity index (χ2v) is 6.30. The minimum atomic E-state index is -0.845. The summed E-state index contributed by atoms with van der Waals surface area (Å²) < 4.78 is 4.12. The molecule has 0 fully saturated rings. The number of carbonyl (C=O) groups excluding carboxylic acids is 1. The Morgan fingerprint density at radius 1 is 1.31 bits per heavy atom. The molecule has 5 heteroatoms. The Bertz CT molecular complexity index is 275.